The highest BCUT2D eigenvalue weighted by Crippen LogP contribution is 2.23. The van der Waals surface area contributed by atoms with Gasteiger partial charge in [-0.3, -0.25) is 10.8 Å². The molecule has 0 radical (unpaired) electrons. The minimum atomic E-state index is -0.0637. The number of nitrogens with one attached hydrogen (secondary N) is 7. The standard InChI is InChI=1S/C19H24ClN7/c1-11(2)12(8-21)7-17(22)27-18-5-4-15-16(26-18)6-13(9-25-15)14(10-24-3)19(20)23/h4-11,21,23-26H,1-3H3,(H2,22,27)/b12-7?,14-10-,21-8?,23-19?. The van der Waals surface area contributed by atoms with Crippen LogP contribution >= 0.6 is 11.6 Å². The first-order chi connectivity index (χ1) is 12.8. The Hall–Kier alpha value is -3.06. The zero-order chi connectivity index (χ0) is 20.0. The number of amidine groups is 1. The van der Waals surface area contributed by atoms with E-state index in [1.807, 2.05) is 32.1 Å². The van der Waals surface area contributed by atoms with Gasteiger partial charge in [0.2, 0.25) is 0 Å². The zero-order valence-corrected chi connectivity index (χ0v) is 16.3. The van der Waals surface area contributed by atoms with Crippen molar-refractivity contribution < 1.29 is 0 Å². The van der Waals surface area contributed by atoms with Gasteiger partial charge in [-0.1, -0.05) is 25.4 Å². The van der Waals surface area contributed by atoms with Crippen molar-refractivity contribution in [3.63, 3.8) is 0 Å². The van der Waals surface area contributed by atoms with Gasteiger partial charge in [-0.05, 0) is 35.8 Å². The zero-order valence-electron chi connectivity index (χ0n) is 15.5. The second-order valence-electron chi connectivity index (χ2n) is 6.23. The molecule has 7 nitrogen and oxygen atoms in total. The van der Waals surface area contributed by atoms with E-state index in [0.29, 0.717) is 11.4 Å². The Morgan fingerprint density at radius 2 is 1.96 bits per heavy atom. The topological polar surface area (TPSA) is 120 Å². The van der Waals surface area contributed by atoms with Crippen LogP contribution in [0.15, 0.2) is 70.6 Å². The minimum absolute atomic E-state index is 0.0637. The van der Waals surface area contributed by atoms with Gasteiger partial charge in [-0.25, -0.2) is 0 Å². The van der Waals surface area contributed by atoms with Crippen LogP contribution in [-0.2, 0) is 0 Å². The summed E-state index contributed by atoms with van der Waals surface area (Å²) < 4.78 is 0. The molecular formula is C19H24ClN7. The molecule has 7 N–H and O–H groups in total. The molecule has 27 heavy (non-hydrogen) atoms. The Labute approximate surface area is 164 Å². The van der Waals surface area contributed by atoms with Gasteiger partial charge >= 0.3 is 0 Å². The first kappa shape index (κ1) is 20.3. The van der Waals surface area contributed by atoms with E-state index < -0.39 is 0 Å². The highest BCUT2D eigenvalue weighted by molar-refractivity contribution is 6.69. The molecule has 0 aromatic rings. The van der Waals surface area contributed by atoms with Crippen LogP contribution in [0.25, 0.3) is 0 Å². The van der Waals surface area contributed by atoms with Crippen molar-refractivity contribution in [1.29, 1.82) is 16.2 Å². The quantitative estimate of drug-likeness (QED) is 0.269. The van der Waals surface area contributed by atoms with Crippen molar-refractivity contribution in [3.8, 4) is 0 Å². The SMILES string of the molecule is CN/C=C(\C(=N)Cl)C1=CNC2=CC=C(NC(=N)C=C(C=N)C(C)C)NC2=C1. The molecular weight excluding hydrogens is 362 g/mol. The summed E-state index contributed by atoms with van der Waals surface area (Å²) in [5.74, 6) is 1.00. The summed E-state index contributed by atoms with van der Waals surface area (Å²) in [5.41, 5.74) is 3.76. The normalized spacial score (nSPS) is 16.6. The average Bonchev–Trinajstić information content (AvgIpc) is 2.63. The third-order valence-corrected chi connectivity index (χ3v) is 4.11. The average molecular weight is 386 g/mol. The fourth-order valence-corrected chi connectivity index (χ4v) is 2.64. The Balaban J connectivity index is 2.16. The van der Waals surface area contributed by atoms with Crippen molar-refractivity contribution in [2.45, 2.75) is 13.8 Å². The van der Waals surface area contributed by atoms with E-state index in [1.165, 1.54) is 6.21 Å². The molecule has 0 unspecified atom stereocenters. The molecule has 142 valence electrons. The fourth-order valence-electron chi connectivity index (χ4n) is 2.47. The van der Waals surface area contributed by atoms with Gasteiger partial charge in [0, 0.05) is 36.8 Å². The van der Waals surface area contributed by atoms with Crippen molar-refractivity contribution in [3.05, 3.63) is 70.6 Å². The van der Waals surface area contributed by atoms with Crippen LogP contribution in [0, 0.1) is 22.1 Å². The molecule has 0 saturated heterocycles. The van der Waals surface area contributed by atoms with Gasteiger partial charge in [0.25, 0.3) is 0 Å². The minimum Gasteiger partial charge on any atom is -0.393 e. The molecule has 0 aromatic heterocycles. The second kappa shape index (κ2) is 9.05. The lowest BCUT2D eigenvalue weighted by atomic mass is 10.0. The summed E-state index contributed by atoms with van der Waals surface area (Å²) in [6.07, 6.45) is 12.0. The third kappa shape index (κ3) is 5.21. The van der Waals surface area contributed by atoms with Gasteiger partial charge < -0.3 is 26.7 Å². The monoisotopic (exact) mass is 385 g/mol. The van der Waals surface area contributed by atoms with Crippen LogP contribution < -0.4 is 21.3 Å². The highest BCUT2D eigenvalue weighted by Gasteiger charge is 2.18. The molecule has 0 amide bonds. The molecule has 0 aromatic carbocycles. The summed E-state index contributed by atoms with van der Waals surface area (Å²) in [7, 11) is 1.75. The Morgan fingerprint density at radius 1 is 1.22 bits per heavy atom. The van der Waals surface area contributed by atoms with E-state index in [9.17, 15) is 0 Å². The lowest BCUT2D eigenvalue weighted by Crippen LogP contribution is -2.35. The predicted octanol–water partition coefficient (Wildman–Crippen LogP) is 2.80. The maximum Gasteiger partial charge on any atom is 0.130 e. The van der Waals surface area contributed by atoms with Crippen molar-refractivity contribution >= 4 is 28.8 Å². The predicted molar refractivity (Wildman–Crippen MR) is 112 cm³/mol. The van der Waals surface area contributed by atoms with Crippen molar-refractivity contribution in [2.24, 2.45) is 5.92 Å². The first-order valence-electron chi connectivity index (χ1n) is 8.43. The van der Waals surface area contributed by atoms with Gasteiger partial charge in [0.15, 0.2) is 0 Å². The van der Waals surface area contributed by atoms with Gasteiger partial charge in [0.05, 0.1) is 11.4 Å². The van der Waals surface area contributed by atoms with E-state index in [1.54, 1.807) is 25.5 Å². The molecule has 2 aliphatic heterocycles. The molecule has 0 saturated carbocycles. The maximum absolute atomic E-state index is 8.10. The van der Waals surface area contributed by atoms with Crippen LogP contribution in [-0.4, -0.2) is 24.3 Å². The van der Waals surface area contributed by atoms with Gasteiger partial charge in [-0.2, -0.15) is 0 Å². The Bertz CT molecular complexity index is 838. The lowest BCUT2D eigenvalue weighted by Gasteiger charge is -2.25. The molecule has 2 aliphatic rings. The number of allylic oxidation sites excluding steroid dienone is 6. The van der Waals surface area contributed by atoms with Crippen molar-refractivity contribution in [2.75, 3.05) is 7.05 Å². The molecule has 8 heteroatoms. The van der Waals surface area contributed by atoms with Crippen LogP contribution in [0.5, 0.6) is 0 Å². The smallest absolute Gasteiger partial charge is 0.130 e. The molecule has 0 fully saturated rings. The van der Waals surface area contributed by atoms with Crippen LogP contribution in [0.1, 0.15) is 13.8 Å². The Kier molecular flexibility index (Phi) is 6.79. The number of halogens is 1. The van der Waals surface area contributed by atoms with E-state index in [-0.39, 0.29) is 16.9 Å². The maximum atomic E-state index is 8.10. The summed E-state index contributed by atoms with van der Waals surface area (Å²) in [6, 6.07) is 0. The van der Waals surface area contributed by atoms with Crippen LogP contribution in [0.4, 0.5) is 0 Å². The molecule has 2 rings (SSSR count). The molecule has 0 aliphatic carbocycles. The van der Waals surface area contributed by atoms with Crippen molar-refractivity contribution in [1.82, 2.24) is 21.3 Å². The number of fused-ring (bicyclic) bond motifs is 1. The lowest BCUT2D eigenvalue weighted by molar-refractivity contribution is 0.804. The molecule has 0 atom stereocenters. The summed E-state index contributed by atoms with van der Waals surface area (Å²) in [4.78, 5) is 0. The van der Waals surface area contributed by atoms with E-state index in [0.717, 1.165) is 22.5 Å². The number of dihydropyridines is 2. The Morgan fingerprint density at radius 3 is 2.56 bits per heavy atom. The molecule has 0 bridgehead atoms. The highest BCUT2D eigenvalue weighted by atomic mass is 35.5. The summed E-state index contributed by atoms with van der Waals surface area (Å²) in [6.45, 7) is 3.96. The number of rotatable bonds is 7. The van der Waals surface area contributed by atoms with E-state index in [4.69, 9.17) is 27.8 Å². The third-order valence-electron chi connectivity index (χ3n) is 3.91. The van der Waals surface area contributed by atoms with Gasteiger partial charge in [0.1, 0.15) is 16.8 Å². The number of hydrogen-bond donors (Lipinski definition) is 7. The summed E-state index contributed by atoms with van der Waals surface area (Å²) >= 11 is 5.88. The number of hydrogen-bond acceptors (Lipinski definition) is 6. The fraction of sp³-hybridized carbons (Fsp3) is 0.211. The largest absolute Gasteiger partial charge is 0.393 e. The van der Waals surface area contributed by atoms with E-state index >= 15 is 0 Å². The summed E-state index contributed by atoms with van der Waals surface area (Å²) in [5, 5.41) is 35.5. The van der Waals surface area contributed by atoms with E-state index in [2.05, 4.69) is 21.3 Å². The first-order valence-corrected chi connectivity index (χ1v) is 8.81. The van der Waals surface area contributed by atoms with Crippen LogP contribution in [0.3, 0.4) is 0 Å². The molecule has 2 heterocycles. The second-order valence-corrected chi connectivity index (χ2v) is 6.61. The van der Waals surface area contributed by atoms with Gasteiger partial charge in [-0.15, -0.1) is 0 Å². The van der Waals surface area contributed by atoms with Crippen LogP contribution in [0.2, 0.25) is 0 Å². The molecule has 0 spiro atoms.